The third kappa shape index (κ3) is 4.19. The van der Waals surface area contributed by atoms with Gasteiger partial charge in [0.2, 0.25) is 5.91 Å². The molecule has 1 atom stereocenters. The predicted molar refractivity (Wildman–Crippen MR) is 87.9 cm³/mol. The number of carbonyl (C=O) groups excluding carboxylic acids is 1. The van der Waals surface area contributed by atoms with E-state index in [1.807, 2.05) is 0 Å². The molecule has 0 heterocycles. The van der Waals surface area contributed by atoms with Crippen molar-refractivity contribution in [2.45, 2.75) is 13.0 Å². The summed E-state index contributed by atoms with van der Waals surface area (Å²) in [5, 5.41) is 6.33. The maximum atomic E-state index is 13.6. The molecule has 22 heavy (non-hydrogen) atoms. The van der Waals surface area contributed by atoms with Gasteiger partial charge in [-0.25, -0.2) is 4.39 Å². The molecular weight excluding hydrogens is 326 g/mol. The SMILES string of the molecule is CC(NCC(=O)Nc1c(Cl)cccc1Cl)c1ccccc1F. The second-order valence-electron chi connectivity index (χ2n) is 4.77. The second-order valence-corrected chi connectivity index (χ2v) is 5.58. The van der Waals surface area contributed by atoms with E-state index in [0.717, 1.165) is 0 Å². The van der Waals surface area contributed by atoms with Crippen molar-refractivity contribution in [2.75, 3.05) is 11.9 Å². The number of hydrogen-bond acceptors (Lipinski definition) is 2. The van der Waals surface area contributed by atoms with Gasteiger partial charge in [0.15, 0.2) is 0 Å². The molecule has 0 aliphatic carbocycles. The van der Waals surface area contributed by atoms with Gasteiger partial charge in [-0.3, -0.25) is 4.79 Å². The van der Waals surface area contributed by atoms with Crippen molar-refractivity contribution in [3.05, 3.63) is 63.9 Å². The van der Waals surface area contributed by atoms with Crippen LogP contribution in [-0.2, 0) is 4.79 Å². The number of hydrogen-bond donors (Lipinski definition) is 2. The molecule has 0 aliphatic rings. The van der Waals surface area contributed by atoms with Crippen LogP contribution in [0.4, 0.5) is 10.1 Å². The fourth-order valence-corrected chi connectivity index (χ4v) is 2.47. The lowest BCUT2D eigenvalue weighted by atomic mass is 10.1. The van der Waals surface area contributed by atoms with Crippen molar-refractivity contribution >= 4 is 34.8 Å². The lowest BCUT2D eigenvalue weighted by Crippen LogP contribution is -2.30. The molecule has 0 aromatic heterocycles. The van der Waals surface area contributed by atoms with Gasteiger partial charge in [0, 0.05) is 11.6 Å². The molecule has 3 nitrogen and oxygen atoms in total. The number of carbonyl (C=O) groups is 1. The van der Waals surface area contributed by atoms with Crippen molar-refractivity contribution in [3.63, 3.8) is 0 Å². The second kappa shape index (κ2) is 7.58. The highest BCUT2D eigenvalue weighted by atomic mass is 35.5. The first kappa shape index (κ1) is 16.7. The molecule has 0 radical (unpaired) electrons. The maximum Gasteiger partial charge on any atom is 0.238 e. The Kier molecular flexibility index (Phi) is 5.77. The summed E-state index contributed by atoms with van der Waals surface area (Å²) in [6, 6.07) is 11.1. The molecule has 6 heteroatoms. The number of nitrogens with one attached hydrogen (secondary N) is 2. The molecule has 2 N–H and O–H groups in total. The molecule has 0 spiro atoms. The van der Waals surface area contributed by atoms with E-state index in [4.69, 9.17) is 23.2 Å². The zero-order valence-corrected chi connectivity index (χ0v) is 13.4. The van der Waals surface area contributed by atoms with Crippen molar-refractivity contribution < 1.29 is 9.18 Å². The highest BCUT2D eigenvalue weighted by Gasteiger charge is 2.13. The van der Waals surface area contributed by atoms with Crippen molar-refractivity contribution in [2.24, 2.45) is 0 Å². The van der Waals surface area contributed by atoms with Crippen molar-refractivity contribution in [1.82, 2.24) is 5.32 Å². The van der Waals surface area contributed by atoms with Gasteiger partial charge < -0.3 is 10.6 Å². The van der Waals surface area contributed by atoms with Crippen LogP contribution in [0, 0.1) is 5.82 Å². The van der Waals surface area contributed by atoms with E-state index in [1.165, 1.54) is 6.07 Å². The zero-order chi connectivity index (χ0) is 16.1. The normalized spacial score (nSPS) is 12.0. The van der Waals surface area contributed by atoms with Gasteiger partial charge >= 0.3 is 0 Å². The van der Waals surface area contributed by atoms with Crippen LogP contribution >= 0.6 is 23.2 Å². The van der Waals surface area contributed by atoms with E-state index in [1.54, 1.807) is 43.3 Å². The van der Waals surface area contributed by atoms with Crippen LogP contribution in [-0.4, -0.2) is 12.5 Å². The Labute approximate surface area is 138 Å². The average molecular weight is 341 g/mol. The molecule has 1 unspecified atom stereocenters. The maximum absolute atomic E-state index is 13.6. The fourth-order valence-electron chi connectivity index (χ4n) is 1.98. The summed E-state index contributed by atoms with van der Waals surface area (Å²) in [4.78, 5) is 12.0. The van der Waals surface area contributed by atoms with Gasteiger partial charge in [-0.1, -0.05) is 47.5 Å². The topological polar surface area (TPSA) is 41.1 Å². The smallest absolute Gasteiger partial charge is 0.238 e. The predicted octanol–water partition coefficient (Wildman–Crippen LogP) is 4.42. The molecule has 1 amide bonds. The number of benzene rings is 2. The molecule has 0 aliphatic heterocycles. The molecule has 0 fully saturated rings. The number of para-hydroxylation sites is 1. The molecule has 0 saturated heterocycles. The van der Waals surface area contributed by atoms with Gasteiger partial charge in [-0.15, -0.1) is 0 Å². The molecule has 2 aromatic carbocycles. The first-order chi connectivity index (χ1) is 10.5. The summed E-state index contributed by atoms with van der Waals surface area (Å²) in [5.41, 5.74) is 0.877. The van der Waals surface area contributed by atoms with Crippen LogP contribution in [0.15, 0.2) is 42.5 Å². The van der Waals surface area contributed by atoms with Gasteiger partial charge in [-0.05, 0) is 25.1 Å². The first-order valence-corrected chi connectivity index (χ1v) is 7.46. The number of halogens is 3. The molecule has 2 aromatic rings. The van der Waals surface area contributed by atoms with E-state index < -0.39 is 0 Å². The minimum atomic E-state index is -0.308. The summed E-state index contributed by atoms with van der Waals surface area (Å²) >= 11 is 12.0. The Balaban J connectivity index is 1.95. The first-order valence-electron chi connectivity index (χ1n) is 6.70. The Morgan fingerprint density at radius 2 is 1.77 bits per heavy atom. The Morgan fingerprint density at radius 1 is 1.14 bits per heavy atom. The Morgan fingerprint density at radius 3 is 2.41 bits per heavy atom. The third-order valence-electron chi connectivity index (χ3n) is 3.17. The largest absolute Gasteiger partial charge is 0.322 e. The van der Waals surface area contributed by atoms with Crippen LogP contribution in [0.25, 0.3) is 0 Å². The van der Waals surface area contributed by atoms with Crippen LogP contribution in [0.1, 0.15) is 18.5 Å². The van der Waals surface area contributed by atoms with Crippen LogP contribution in [0.5, 0.6) is 0 Å². The van der Waals surface area contributed by atoms with E-state index >= 15 is 0 Å². The molecule has 116 valence electrons. The molecular formula is C16H15Cl2FN2O. The Bertz CT molecular complexity index is 659. The van der Waals surface area contributed by atoms with Crippen LogP contribution < -0.4 is 10.6 Å². The molecule has 0 saturated carbocycles. The summed E-state index contributed by atoms with van der Waals surface area (Å²) in [6.45, 7) is 1.80. The quantitative estimate of drug-likeness (QED) is 0.845. The minimum absolute atomic E-state index is 0.0110. The number of amides is 1. The summed E-state index contributed by atoms with van der Waals surface area (Å²) in [5.74, 6) is -0.616. The van der Waals surface area contributed by atoms with E-state index in [2.05, 4.69) is 10.6 Å². The van der Waals surface area contributed by atoms with Gasteiger partial charge in [0.1, 0.15) is 5.82 Å². The van der Waals surface area contributed by atoms with Gasteiger partial charge in [0.25, 0.3) is 0 Å². The molecule has 2 rings (SSSR count). The van der Waals surface area contributed by atoms with Crippen molar-refractivity contribution in [1.29, 1.82) is 0 Å². The number of rotatable bonds is 5. The van der Waals surface area contributed by atoms with Gasteiger partial charge in [0.05, 0.1) is 22.3 Å². The standard InChI is InChI=1S/C16H15Cl2FN2O/c1-10(11-5-2-3-8-14(11)19)20-9-15(22)21-16-12(17)6-4-7-13(16)18/h2-8,10,20H,9H2,1H3,(H,21,22). The number of anilines is 1. The van der Waals surface area contributed by atoms with Crippen molar-refractivity contribution in [3.8, 4) is 0 Å². The monoisotopic (exact) mass is 340 g/mol. The average Bonchev–Trinajstić information content (AvgIpc) is 2.49. The Hall–Kier alpha value is -1.62. The summed E-state index contributed by atoms with van der Waals surface area (Å²) < 4.78 is 13.6. The van der Waals surface area contributed by atoms with Gasteiger partial charge in [-0.2, -0.15) is 0 Å². The zero-order valence-electron chi connectivity index (χ0n) is 11.9. The minimum Gasteiger partial charge on any atom is -0.322 e. The lowest BCUT2D eigenvalue weighted by Gasteiger charge is -2.15. The van der Waals surface area contributed by atoms with Crippen LogP contribution in [0.2, 0.25) is 10.0 Å². The fraction of sp³-hybridized carbons (Fsp3) is 0.188. The highest BCUT2D eigenvalue weighted by Crippen LogP contribution is 2.29. The van der Waals surface area contributed by atoms with E-state index in [0.29, 0.717) is 21.3 Å². The lowest BCUT2D eigenvalue weighted by molar-refractivity contribution is -0.115. The van der Waals surface area contributed by atoms with E-state index in [9.17, 15) is 9.18 Å². The summed E-state index contributed by atoms with van der Waals surface area (Å²) in [6.07, 6.45) is 0. The summed E-state index contributed by atoms with van der Waals surface area (Å²) in [7, 11) is 0. The third-order valence-corrected chi connectivity index (χ3v) is 3.80. The highest BCUT2D eigenvalue weighted by molar-refractivity contribution is 6.39. The van der Waals surface area contributed by atoms with E-state index in [-0.39, 0.29) is 24.3 Å². The van der Waals surface area contributed by atoms with Crippen LogP contribution in [0.3, 0.4) is 0 Å². The molecule has 0 bridgehead atoms.